The summed E-state index contributed by atoms with van der Waals surface area (Å²) in [6, 6.07) is 6.91. The Hall–Kier alpha value is -1.06. The molecule has 0 aromatic heterocycles. The Kier molecular flexibility index (Phi) is 9.17. The van der Waals surface area contributed by atoms with Crippen molar-refractivity contribution in [1.82, 2.24) is 0 Å². The second-order valence-corrected chi connectivity index (χ2v) is 6.77. The quantitative estimate of drug-likeness (QED) is 0.623. The summed E-state index contributed by atoms with van der Waals surface area (Å²) in [7, 11) is 1.69. The van der Waals surface area contributed by atoms with Gasteiger partial charge in [0.05, 0.1) is 19.8 Å². The van der Waals surface area contributed by atoms with E-state index < -0.39 is 0 Å². The third-order valence-electron chi connectivity index (χ3n) is 3.35. The van der Waals surface area contributed by atoms with Crippen molar-refractivity contribution in [1.29, 1.82) is 0 Å². The highest BCUT2D eigenvalue weighted by Gasteiger charge is 2.05. The third-order valence-corrected chi connectivity index (χ3v) is 3.35. The van der Waals surface area contributed by atoms with Crippen LogP contribution in [0.2, 0.25) is 0 Å². The molecule has 0 saturated heterocycles. The number of ether oxygens (including phenoxy) is 2. The van der Waals surface area contributed by atoms with Gasteiger partial charge in [-0.1, -0.05) is 33.8 Å². The first-order valence-electron chi connectivity index (χ1n) is 8.44. The number of rotatable bonds is 11. The fourth-order valence-corrected chi connectivity index (χ4v) is 2.56. The lowest BCUT2D eigenvalue weighted by Gasteiger charge is -2.14. The van der Waals surface area contributed by atoms with Crippen molar-refractivity contribution in [3.8, 4) is 0 Å². The van der Waals surface area contributed by atoms with Crippen LogP contribution >= 0.6 is 0 Å². The molecule has 126 valence electrons. The summed E-state index contributed by atoms with van der Waals surface area (Å²) in [4.78, 5) is 0. The Balaban J connectivity index is 2.58. The lowest BCUT2D eigenvalue weighted by atomic mass is 9.96. The third kappa shape index (κ3) is 8.40. The summed E-state index contributed by atoms with van der Waals surface area (Å²) < 4.78 is 10.5. The first kappa shape index (κ1) is 19.0. The molecule has 1 aromatic rings. The normalized spacial score (nSPS) is 11.4. The Morgan fingerprint density at radius 2 is 1.45 bits per heavy atom. The summed E-state index contributed by atoms with van der Waals surface area (Å²) in [6.45, 7) is 11.9. The molecule has 0 fully saturated rings. The minimum absolute atomic E-state index is 0.655. The smallest absolute Gasteiger partial charge is 0.0701 e. The molecule has 1 N–H and O–H groups in total. The molecule has 1 rings (SSSR count). The number of hydrogen-bond donors (Lipinski definition) is 1. The van der Waals surface area contributed by atoms with Gasteiger partial charge in [0, 0.05) is 19.3 Å². The molecule has 0 aliphatic heterocycles. The van der Waals surface area contributed by atoms with Gasteiger partial charge in [-0.3, -0.25) is 0 Å². The zero-order valence-corrected chi connectivity index (χ0v) is 14.9. The van der Waals surface area contributed by atoms with Gasteiger partial charge in [0.1, 0.15) is 0 Å². The van der Waals surface area contributed by atoms with Gasteiger partial charge in [-0.15, -0.1) is 0 Å². The van der Waals surface area contributed by atoms with Gasteiger partial charge < -0.3 is 14.8 Å². The molecule has 0 unspecified atom stereocenters. The van der Waals surface area contributed by atoms with Crippen molar-refractivity contribution in [2.45, 2.75) is 40.5 Å². The van der Waals surface area contributed by atoms with E-state index in [1.807, 2.05) is 0 Å². The number of nitrogens with one attached hydrogen (secondary N) is 1. The lowest BCUT2D eigenvalue weighted by Crippen LogP contribution is -2.12. The standard InChI is InChI=1S/C19H33NO2/c1-15(2)10-17-12-18(11-16(3)4)14-19(13-17)20-6-7-22-9-8-21-5/h12-16,20H,6-11H2,1-5H3. The van der Waals surface area contributed by atoms with Crippen LogP contribution in [-0.4, -0.2) is 33.5 Å². The van der Waals surface area contributed by atoms with E-state index in [2.05, 4.69) is 51.2 Å². The first-order chi connectivity index (χ1) is 10.5. The average molecular weight is 307 g/mol. The average Bonchev–Trinajstić information content (AvgIpc) is 2.41. The maximum Gasteiger partial charge on any atom is 0.0701 e. The van der Waals surface area contributed by atoms with Crippen molar-refractivity contribution in [2.75, 3.05) is 38.8 Å². The van der Waals surface area contributed by atoms with Gasteiger partial charge in [-0.2, -0.15) is 0 Å². The molecule has 1 aromatic carbocycles. The second kappa shape index (κ2) is 10.6. The Morgan fingerprint density at radius 3 is 1.95 bits per heavy atom. The highest BCUT2D eigenvalue weighted by atomic mass is 16.5. The fraction of sp³-hybridized carbons (Fsp3) is 0.684. The molecule has 0 heterocycles. The van der Waals surface area contributed by atoms with Gasteiger partial charge in [0.2, 0.25) is 0 Å². The first-order valence-corrected chi connectivity index (χ1v) is 8.44. The molecule has 0 aliphatic carbocycles. The summed E-state index contributed by atoms with van der Waals surface area (Å²) in [5.41, 5.74) is 4.07. The maximum absolute atomic E-state index is 5.50. The maximum atomic E-state index is 5.50. The van der Waals surface area contributed by atoms with Gasteiger partial charge in [-0.25, -0.2) is 0 Å². The van der Waals surface area contributed by atoms with E-state index in [1.54, 1.807) is 7.11 Å². The topological polar surface area (TPSA) is 30.5 Å². The molecular formula is C19H33NO2. The Morgan fingerprint density at radius 1 is 0.864 bits per heavy atom. The summed E-state index contributed by atoms with van der Waals surface area (Å²) in [5.74, 6) is 1.36. The van der Waals surface area contributed by atoms with Gasteiger partial charge >= 0.3 is 0 Å². The predicted molar refractivity (Wildman–Crippen MR) is 94.7 cm³/mol. The van der Waals surface area contributed by atoms with E-state index in [1.165, 1.54) is 16.8 Å². The van der Waals surface area contributed by atoms with E-state index >= 15 is 0 Å². The van der Waals surface area contributed by atoms with E-state index in [0.29, 0.717) is 31.7 Å². The summed E-state index contributed by atoms with van der Waals surface area (Å²) in [6.07, 6.45) is 2.26. The van der Waals surface area contributed by atoms with Crippen molar-refractivity contribution < 1.29 is 9.47 Å². The van der Waals surface area contributed by atoms with Crippen molar-refractivity contribution >= 4 is 5.69 Å². The molecule has 0 bridgehead atoms. The van der Waals surface area contributed by atoms with E-state index in [-0.39, 0.29) is 0 Å². The molecule has 0 atom stereocenters. The second-order valence-electron chi connectivity index (χ2n) is 6.77. The molecule has 0 radical (unpaired) electrons. The number of benzene rings is 1. The molecule has 3 nitrogen and oxygen atoms in total. The molecule has 3 heteroatoms. The van der Waals surface area contributed by atoms with Crippen LogP contribution in [0.5, 0.6) is 0 Å². The van der Waals surface area contributed by atoms with Crippen LogP contribution in [0.4, 0.5) is 5.69 Å². The zero-order valence-electron chi connectivity index (χ0n) is 14.9. The molecule has 0 spiro atoms. The van der Waals surface area contributed by atoms with Crippen LogP contribution in [0, 0.1) is 11.8 Å². The molecule has 22 heavy (non-hydrogen) atoms. The van der Waals surface area contributed by atoms with Gasteiger partial charge in [-0.05, 0) is 47.9 Å². The largest absolute Gasteiger partial charge is 0.383 e. The Bertz CT molecular complexity index is 388. The van der Waals surface area contributed by atoms with Gasteiger partial charge in [0.25, 0.3) is 0 Å². The van der Waals surface area contributed by atoms with Crippen LogP contribution in [0.3, 0.4) is 0 Å². The summed E-state index contributed by atoms with van der Waals surface area (Å²) >= 11 is 0. The molecule has 0 saturated carbocycles. The van der Waals surface area contributed by atoms with Gasteiger partial charge in [0.15, 0.2) is 0 Å². The van der Waals surface area contributed by atoms with Crippen molar-refractivity contribution in [3.05, 3.63) is 29.3 Å². The van der Waals surface area contributed by atoms with Crippen LogP contribution in [0.25, 0.3) is 0 Å². The molecular weight excluding hydrogens is 274 g/mol. The number of methoxy groups -OCH3 is 1. The van der Waals surface area contributed by atoms with Crippen LogP contribution in [0.1, 0.15) is 38.8 Å². The van der Waals surface area contributed by atoms with E-state index in [4.69, 9.17) is 9.47 Å². The predicted octanol–water partition coefficient (Wildman–Crippen LogP) is 4.16. The van der Waals surface area contributed by atoms with Crippen LogP contribution in [0.15, 0.2) is 18.2 Å². The SMILES string of the molecule is COCCOCCNc1cc(CC(C)C)cc(CC(C)C)c1. The van der Waals surface area contributed by atoms with E-state index in [9.17, 15) is 0 Å². The number of hydrogen-bond acceptors (Lipinski definition) is 3. The highest BCUT2D eigenvalue weighted by Crippen LogP contribution is 2.20. The lowest BCUT2D eigenvalue weighted by molar-refractivity contribution is 0.0759. The number of anilines is 1. The fourth-order valence-electron chi connectivity index (χ4n) is 2.56. The van der Waals surface area contributed by atoms with Crippen molar-refractivity contribution in [3.63, 3.8) is 0 Å². The minimum atomic E-state index is 0.655. The van der Waals surface area contributed by atoms with Crippen molar-refractivity contribution in [2.24, 2.45) is 11.8 Å². The molecule has 0 amide bonds. The highest BCUT2D eigenvalue weighted by molar-refractivity contribution is 5.49. The zero-order chi connectivity index (χ0) is 16.4. The molecule has 0 aliphatic rings. The monoisotopic (exact) mass is 307 g/mol. The summed E-state index contributed by atoms with van der Waals surface area (Å²) in [5, 5.41) is 3.48. The minimum Gasteiger partial charge on any atom is -0.383 e. The van der Waals surface area contributed by atoms with Crippen LogP contribution in [-0.2, 0) is 22.3 Å². The van der Waals surface area contributed by atoms with Crippen LogP contribution < -0.4 is 5.32 Å². The Labute approximate surface area is 136 Å². The van der Waals surface area contributed by atoms with E-state index in [0.717, 1.165) is 19.4 Å².